The molecule has 0 amide bonds. The molecule has 1 aromatic rings. The minimum Gasteiger partial charge on any atom is -0.494 e. The summed E-state index contributed by atoms with van der Waals surface area (Å²) in [5.41, 5.74) is 2.36. The molecule has 1 atom stereocenters. The molecule has 1 unspecified atom stereocenters. The van der Waals surface area contributed by atoms with E-state index in [9.17, 15) is 0 Å². The van der Waals surface area contributed by atoms with Crippen LogP contribution in [0.4, 0.5) is 0 Å². The molecule has 0 aliphatic carbocycles. The van der Waals surface area contributed by atoms with Crippen LogP contribution in [0.5, 0.6) is 5.75 Å². The van der Waals surface area contributed by atoms with Gasteiger partial charge in [-0.15, -0.1) is 11.6 Å². The molecule has 1 nitrogen and oxygen atoms in total. The van der Waals surface area contributed by atoms with Gasteiger partial charge in [-0.1, -0.05) is 31.0 Å². The van der Waals surface area contributed by atoms with E-state index in [1.807, 2.05) is 13.0 Å². The van der Waals surface area contributed by atoms with Crippen LogP contribution in [0.3, 0.4) is 0 Å². The van der Waals surface area contributed by atoms with Crippen molar-refractivity contribution in [2.75, 3.05) is 6.61 Å². The van der Waals surface area contributed by atoms with Crippen molar-refractivity contribution in [3.8, 4) is 5.75 Å². The highest BCUT2D eigenvalue weighted by atomic mass is 35.5. The second-order valence-corrected chi connectivity index (χ2v) is 4.26. The lowest BCUT2D eigenvalue weighted by atomic mass is 10.0. The Morgan fingerprint density at radius 1 is 1.33 bits per heavy atom. The van der Waals surface area contributed by atoms with Crippen molar-refractivity contribution in [3.63, 3.8) is 0 Å². The minimum atomic E-state index is 0.0662. The second-order valence-electron chi connectivity index (χ2n) is 3.73. The van der Waals surface area contributed by atoms with Crippen LogP contribution in [0.2, 0.25) is 0 Å². The third-order valence-electron chi connectivity index (χ3n) is 2.34. The molecule has 15 heavy (non-hydrogen) atoms. The van der Waals surface area contributed by atoms with E-state index >= 15 is 0 Å². The molecule has 0 fully saturated rings. The quantitative estimate of drug-likeness (QED) is 0.673. The summed E-state index contributed by atoms with van der Waals surface area (Å²) in [7, 11) is 0. The van der Waals surface area contributed by atoms with E-state index in [1.54, 1.807) is 0 Å². The van der Waals surface area contributed by atoms with Crippen LogP contribution < -0.4 is 4.74 Å². The Kier molecular flexibility index (Phi) is 4.97. The number of aryl methyl sites for hydroxylation is 1. The van der Waals surface area contributed by atoms with Gasteiger partial charge in [-0.25, -0.2) is 0 Å². The standard InChI is InChI=1S/C13H19ClO/c1-4-6-12(14)11-9-10(3)7-8-13(11)15-5-2/h7-9,12H,4-6H2,1-3H3. The molecule has 0 aliphatic rings. The van der Waals surface area contributed by atoms with Crippen LogP contribution in [0, 0.1) is 6.92 Å². The Hall–Kier alpha value is -0.690. The van der Waals surface area contributed by atoms with E-state index in [1.165, 1.54) is 5.56 Å². The number of benzene rings is 1. The van der Waals surface area contributed by atoms with E-state index in [2.05, 4.69) is 26.0 Å². The average Bonchev–Trinajstić information content (AvgIpc) is 2.21. The lowest BCUT2D eigenvalue weighted by molar-refractivity contribution is 0.335. The minimum absolute atomic E-state index is 0.0662. The van der Waals surface area contributed by atoms with Crippen LogP contribution in [-0.4, -0.2) is 6.61 Å². The van der Waals surface area contributed by atoms with E-state index in [4.69, 9.17) is 16.3 Å². The fourth-order valence-electron chi connectivity index (χ4n) is 1.61. The molecule has 0 saturated heterocycles. The zero-order valence-electron chi connectivity index (χ0n) is 9.72. The fourth-order valence-corrected chi connectivity index (χ4v) is 2.00. The van der Waals surface area contributed by atoms with Crippen molar-refractivity contribution in [3.05, 3.63) is 29.3 Å². The van der Waals surface area contributed by atoms with Gasteiger partial charge in [-0.2, -0.15) is 0 Å². The van der Waals surface area contributed by atoms with Gasteiger partial charge in [-0.05, 0) is 26.3 Å². The van der Waals surface area contributed by atoms with E-state index in [-0.39, 0.29) is 5.38 Å². The van der Waals surface area contributed by atoms with E-state index in [0.717, 1.165) is 24.2 Å². The van der Waals surface area contributed by atoms with Gasteiger partial charge in [0, 0.05) is 5.56 Å². The van der Waals surface area contributed by atoms with Gasteiger partial charge in [0.05, 0.1) is 12.0 Å². The first-order valence-electron chi connectivity index (χ1n) is 5.56. The molecule has 0 N–H and O–H groups in total. The molecule has 0 radical (unpaired) electrons. The third kappa shape index (κ3) is 3.42. The molecular formula is C13H19ClO. The van der Waals surface area contributed by atoms with Gasteiger partial charge in [0.15, 0.2) is 0 Å². The number of rotatable bonds is 5. The normalized spacial score (nSPS) is 12.5. The summed E-state index contributed by atoms with van der Waals surface area (Å²) in [5, 5.41) is 0.0662. The zero-order chi connectivity index (χ0) is 11.3. The Bertz CT molecular complexity index is 309. The molecule has 0 heterocycles. The highest BCUT2D eigenvalue weighted by Gasteiger charge is 2.12. The van der Waals surface area contributed by atoms with Gasteiger partial charge in [-0.3, -0.25) is 0 Å². The van der Waals surface area contributed by atoms with Crippen LogP contribution in [0.15, 0.2) is 18.2 Å². The molecule has 0 saturated carbocycles. The summed E-state index contributed by atoms with van der Waals surface area (Å²) in [6, 6.07) is 6.20. The maximum Gasteiger partial charge on any atom is 0.123 e. The van der Waals surface area contributed by atoms with Crippen molar-refractivity contribution in [2.45, 2.75) is 39.0 Å². The van der Waals surface area contributed by atoms with Crippen molar-refractivity contribution in [1.82, 2.24) is 0 Å². The smallest absolute Gasteiger partial charge is 0.123 e. The maximum absolute atomic E-state index is 6.34. The van der Waals surface area contributed by atoms with Crippen LogP contribution >= 0.6 is 11.6 Å². The molecule has 84 valence electrons. The summed E-state index contributed by atoms with van der Waals surface area (Å²) in [5.74, 6) is 0.927. The Morgan fingerprint density at radius 3 is 2.67 bits per heavy atom. The second kappa shape index (κ2) is 6.02. The molecule has 1 rings (SSSR count). The summed E-state index contributed by atoms with van der Waals surface area (Å²) >= 11 is 6.34. The van der Waals surface area contributed by atoms with Gasteiger partial charge in [0.1, 0.15) is 5.75 Å². The number of alkyl halides is 1. The molecule has 1 aromatic carbocycles. The third-order valence-corrected chi connectivity index (χ3v) is 2.80. The first-order chi connectivity index (χ1) is 7.19. The van der Waals surface area contributed by atoms with E-state index in [0.29, 0.717) is 6.61 Å². The highest BCUT2D eigenvalue weighted by Crippen LogP contribution is 2.33. The molecule has 0 spiro atoms. The molecule has 0 aromatic heterocycles. The van der Waals surface area contributed by atoms with Crippen LogP contribution in [0.25, 0.3) is 0 Å². The van der Waals surface area contributed by atoms with Crippen molar-refractivity contribution in [2.24, 2.45) is 0 Å². The summed E-state index contributed by atoms with van der Waals surface area (Å²) in [4.78, 5) is 0. The molecular weight excluding hydrogens is 208 g/mol. The number of halogens is 1. The largest absolute Gasteiger partial charge is 0.494 e. The summed E-state index contributed by atoms with van der Waals surface area (Å²) in [6.07, 6.45) is 2.08. The highest BCUT2D eigenvalue weighted by molar-refractivity contribution is 6.21. The van der Waals surface area contributed by atoms with Gasteiger partial charge < -0.3 is 4.74 Å². The molecule has 0 bridgehead atoms. The predicted molar refractivity (Wildman–Crippen MR) is 65.9 cm³/mol. The summed E-state index contributed by atoms with van der Waals surface area (Å²) < 4.78 is 5.58. The summed E-state index contributed by atoms with van der Waals surface area (Å²) in [6.45, 7) is 6.90. The fraction of sp³-hybridized carbons (Fsp3) is 0.538. The molecule has 0 aliphatic heterocycles. The SMILES string of the molecule is CCCC(Cl)c1cc(C)ccc1OCC. The van der Waals surface area contributed by atoms with Gasteiger partial charge in [0.2, 0.25) is 0 Å². The Balaban J connectivity index is 2.95. The average molecular weight is 227 g/mol. The van der Waals surface area contributed by atoms with Gasteiger partial charge >= 0.3 is 0 Å². The van der Waals surface area contributed by atoms with Crippen molar-refractivity contribution in [1.29, 1.82) is 0 Å². The predicted octanol–water partition coefficient (Wildman–Crippen LogP) is 4.47. The maximum atomic E-state index is 6.34. The zero-order valence-corrected chi connectivity index (χ0v) is 10.5. The van der Waals surface area contributed by atoms with Crippen molar-refractivity contribution < 1.29 is 4.74 Å². The lowest BCUT2D eigenvalue weighted by Crippen LogP contribution is -1.99. The van der Waals surface area contributed by atoms with Crippen LogP contribution in [-0.2, 0) is 0 Å². The number of hydrogen-bond acceptors (Lipinski definition) is 1. The monoisotopic (exact) mass is 226 g/mol. The Labute approximate surface area is 97.4 Å². The Morgan fingerprint density at radius 2 is 2.07 bits per heavy atom. The van der Waals surface area contributed by atoms with Gasteiger partial charge in [0.25, 0.3) is 0 Å². The number of hydrogen-bond donors (Lipinski definition) is 0. The number of ether oxygens (including phenoxy) is 1. The van der Waals surface area contributed by atoms with Crippen molar-refractivity contribution >= 4 is 11.6 Å². The van der Waals surface area contributed by atoms with E-state index < -0.39 is 0 Å². The first-order valence-corrected chi connectivity index (χ1v) is 6.00. The molecule has 2 heteroatoms. The first kappa shape index (κ1) is 12.4. The van der Waals surface area contributed by atoms with Crippen LogP contribution in [0.1, 0.15) is 43.2 Å². The lowest BCUT2D eigenvalue weighted by Gasteiger charge is -2.15. The topological polar surface area (TPSA) is 9.23 Å².